The smallest absolute Gasteiger partial charge is 0.243 e. The van der Waals surface area contributed by atoms with Crippen LogP contribution in [0.4, 0.5) is 0 Å². The highest BCUT2D eigenvalue weighted by Gasteiger charge is 2.29. The molecule has 1 heterocycles. The molecule has 1 saturated heterocycles. The first kappa shape index (κ1) is 15.9. The molecule has 1 fully saturated rings. The van der Waals surface area contributed by atoms with Crippen molar-refractivity contribution in [3.05, 3.63) is 29.8 Å². The summed E-state index contributed by atoms with van der Waals surface area (Å²) in [5.41, 5.74) is 1.04. The highest BCUT2D eigenvalue weighted by Crippen LogP contribution is 2.18. The van der Waals surface area contributed by atoms with Crippen LogP contribution in [0.1, 0.15) is 12.5 Å². The zero-order chi connectivity index (χ0) is 15.5. The van der Waals surface area contributed by atoms with E-state index in [1.54, 1.807) is 17.0 Å². The predicted molar refractivity (Wildman–Crippen MR) is 80.2 cm³/mol. The topological polar surface area (TPSA) is 69.7 Å². The maximum atomic E-state index is 12.5. The molecule has 1 N–H and O–H groups in total. The molecule has 0 aliphatic carbocycles. The monoisotopic (exact) mass is 311 g/mol. The average molecular weight is 311 g/mol. The van der Waals surface area contributed by atoms with E-state index < -0.39 is 10.0 Å². The van der Waals surface area contributed by atoms with Gasteiger partial charge in [0.05, 0.1) is 4.90 Å². The number of piperazine rings is 1. The average Bonchev–Trinajstić information content (AvgIpc) is 2.48. The molecule has 1 aliphatic rings. The summed E-state index contributed by atoms with van der Waals surface area (Å²) in [7, 11) is -1.62. The van der Waals surface area contributed by atoms with Gasteiger partial charge in [-0.1, -0.05) is 12.1 Å². The second-order valence-corrected chi connectivity index (χ2v) is 7.02. The summed E-state index contributed by atoms with van der Waals surface area (Å²) >= 11 is 0. The molecule has 0 bridgehead atoms. The lowest BCUT2D eigenvalue weighted by Gasteiger charge is -2.33. The first-order chi connectivity index (χ1) is 9.95. The maximum Gasteiger partial charge on any atom is 0.243 e. The summed E-state index contributed by atoms with van der Waals surface area (Å²) in [6.45, 7) is 3.81. The fourth-order valence-corrected chi connectivity index (χ4v) is 3.80. The molecular formula is C14H21N3O3S. The Labute approximate surface area is 125 Å². The van der Waals surface area contributed by atoms with E-state index in [1.165, 1.54) is 11.2 Å². The first-order valence-corrected chi connectivity index (χ1v) is 8.38. The number of rotatable bonds is 4. The summed E-state index contributed by atoms with van der Waals surface area (Å²) in [4.78, 5) is 13.2. The zero-order valence-corrected chi connectivity index (χ0v) is 13.2. The van der Waals surface area contributed by atoms with Crippen molar-refractivity contribution < 1.29 is 13.2 Å². The Hall–Kier alpha value is -1.44. The van der Waals surface area contributed by atoms with Crippen LogP contribution in [-0.2, 0) is 21.4 Å². The molecule has 116 valence electrons. The molecule has 1 amide bonds. The molecule has 7 heteroatoms. The van der Waals surface area contributed by atoms with Gasteiger partial charge in [0.1, 0.15) is 0 Å². The number of carbonyl (C=O) groups excluding carboxylic acids is 1. The highest BCUT2D eigenvalue weighted by atomic mass is 32.2. The summed E-state index contributed by atoms with van der Waals surface area (Å²) < 4.78 is 26.5. The van der Waals surface area contributed by atoms with Crippen molar-refractivity contribution in [2.75, 3.05) is 33.2 Å². The van der Waals surface area contributed by atoms with E-state index in [0.29, 0.717) is 37.6 Å². The van der Waals surface area contributed by atoms with Crippen LogP contribution in [0, 0.1) is 0 Å². The van der Waals surface area contributed by atoms with Crippen molar-refractivity contribution in [3.8, 4) is 0 Å². The molecule has 0 saturated carbocycles. The van der Waals surface area contributed by atoms with Crippen molar-refractivity contribution >= 4 is 15.9 Å². The van der Waals surface area contributed by atoms with E-state index in [-0.39, 0.29) is 5.91 Å². The molecule has 1 aliphatic heterocycles. The van der Waals surface area contributed by atoms with Crippen molar-refractivity contribution in [1.82, 2.24) is 14.5 Å². The van der Waals surface area contributed by atoms with E-state index in [0.717, 1.165) is 5.56 Å². The van der Waals surface area contributed by atoms with E-state index in [1.807, 2.05) is 19.2 Å². The SMILES string of the molecule is CNCc1ccc(S(=O)(=O)N2CCN(C(C)=O)CC2)cc1. The van der Waals surface area contributed by atoms with Crippen molar-refractivity contribution in [3.63, 3.8) is 0 Å². The van der Waals surface area contributed by atoms with Gasteiger partial charge < -0.3 is 10.2 Å². The molecule has 2 rings (SSSR count). The number of hydrogen-bond acceptors (Lipinski definition) is 4. The van der Waals surface area contributed by atoms with Crippen LogP contribution in [-0.4, -0.2) is 56.8 Å². The van der Waals surface area contributed by atoms with Crippen molar-refractivity contribution in [2.24, 2.45) is 0 Å². The van der Waals surface area contributed by atoms with Gasteiger partial charge >= 0.3 is 0 Å². The van der Waals surface area contributed by atoms with E-state index in [2.05, 4.69) is 5.32 Å². The van der Waals surface area contributed by atoms with Gasteiger partial charge in [-0.2, -0.15) is 4.31 Å². The normalized spacial score (nSPS) is 17.0. The Morgan fingerprint density at radius 1 is 1.14 bits per heavy atom. The number of sulfonamides is 1. The van der Waals surface area contributed by atoms with E-state index in [4.69, 9.17) is 0 Å². The molecule has 6 nitrogen and oxygen atoms in total. The van der Waals surface area contributed by atoms with Crippen LogP contribution in [0.15, 0.2) is 29.2 Å². The minimum Gasteiger partial charge on any atom is -0.340 e. The van der Waals surface area contributed by atoms with Crippen molar-refractivity contribution in [1.29, 1.82) is 0 Å². The Morgan fingerprint density at radius 3 is 2.19 bits per heavy atom. The third-order valence-corrected chi connectivity index (χ3v) is 5.54. The van der Waals surface area contributed by atoms with Crippen LogP contribution in [0.25, 0.3) is 0 Å². The molecule has 1 aromatic carbocycles. The van der Waals surface area contributed by atoms with Crippen LogP contribution >= 0.6 is 0 Å². The molecule has 0 radical (unpaired) electrons. The van der Waals surface area contributed by atoms with Gasteiger partial charge in [-0.15, -0.1) is 0 Å². The number of nitrogens with zero attached hydrogens (tertiary/aromatic N) is 2. The molecular weight excluding hydrogens is 290 g/mol. The molecule has 1 aromatic rings. The lowest BCUT2D eigenvalue weighted by Crippen LogP contribution is -2.49. The molecule has 0 aromatic heterocycles. The highest BCUT2D eigenvalue weighted by molar-refractivity contribution is 7.89. The minimum atomic E-state index is -3.47. The van der Waals surface area contributed by atoms with Gasteiger partial charge in [0, 0.05) is 39.6 Å². The van der Waals surface area contributed by atoms with Crippen LogP contribution in [0.5, 0.6) is 0 Å². The quantitative estimate of drug-likeness (QED) is 0.866. The molecule has 21 heavy (non-hydrogen) atoms. The lowest BCUT2D eigenvalue weighted by atomic mass is 10.2. The number of hydrogen-bond donors (Lipinski definition) is 1. The Balaban J connectivity index is 2.10. The number of nitrogens with one attached hydrogen (secondary N) is 1. The Kier molecular flexibility index (Phi) is 4.97. The number of carbonyl (C=O) groups is 1. The minimum absolute atomic E-state index is 0.0107. The van der Waals surface area contributed by atoms with Gasteiger partial charge in [-0.05, 0) is 24.7 Å². The Bertz CT molecular complexity index is 590. The van der Waals surface area contributed by atoms with Crippen LogP contribution in [0.3, 0.4) is 0 Å². The fraction of sp³-hybridized carbons (Fsp3) is 0.500. The third-order valence-electron chi connectivity index (χ3n) is 3.63. The lowest BCUT2D eigenvalue weighted by molar-refractivity contribution is -0.129. The second kappa shape index (κ2) is 6.55. The van der Waals surface area contributed by atoms with Gasteiger partial charge in [0.2, 0.25) is 15.9 Å². The standard InChI is InChI=1S/C14H21N3O3S/c1-12(18)16-7-9-17(10-8-16)21(19,20)14-5-3-13(4-6-14)11-15-2/h3-6,15H,7-11H2,1-2H3. The summed E-state index contributed by atoms with van der Waals surface area (Å²) in [6, 6.07) is 6.91. The van der Waals surface area contributed by atoms with Crippen molar-refractivity contribution in [2.45, 2.75) is 18.4 Å². The van der Waals surface area contributed by atoms with Gasteiger partial charge in [-0.25, -0.2) is 8.42 Å². The third kappa shape index (κ3) is 3.61. The van der Waals surface area contributed by atoms with Gasteiger partial charge in [0.25, 0.3) is 0 Å². The zero-order valence-electron chi connectivity index (χ0n) is 12.4. The van der Waals surface area contributed by atoms with Gasteiger partial charge in [-0.3, -0.25) is 4.79 Å². The van der Waals surface area contributed by atoms with Crippen LogP contribution in [0.2, 0.25) is 0 Å². The maximum absolute atomic E-state index is 12.5. The number of amides is 1. The first-order valence-electron chi connectivity index (χ1n) is 6.94. The molecule has 0 spiro atoms. The summed E-state index contributed by atoms with van der Waals surface area (Å²) in [5, 5.41) is 3.02. The van der Waals surface area contributed by atoms with E-state index >= 15 is 0 Å². The molecule has 0 unspecified atom stereocenters. The predicted octanol–water partition coefficient (Wildman–Crippen LogP) is 0.259. The largest absolute Gasteiger partial charge is 0.340 e. The fourth-order valence-electron chi connectivity index (χ4n) is 2.38. The summed E-state index contributed by atoms with van der Waals surface area (Å²) in [6.07, 6.45) is 0. The van der Waals surface area contributed by atoms with Crippen LogP contribution < -0.4 is 5.32 Å². The second-order valence-electron chi connectivity index (χ2n) is 5.08. The Morgan fingerprint density at radius 2 is 1.71 bits per heavy atom. The number of benzene rings is 1. The van der Waals surface area contributed by atoms with E-state index in [9.17, 15) is 13.2 Å². The molecule has 0 atom stereocenters. The summed E-state index contributed by atoms with van der Waals surface area (Å²) in [5.74, 6) is -0.0107. The van der Waals surface area contributed by atoms with Gasteiger partial charge in [0.15, 0.2) is 0 Å².